The lowest BCUT2D eigenvalue weighted by molar-refractivity contribution is -0.164. The maximum absolute atomic E-state index is 13.9. The number of likely N-dealkylation sites (tertiary alicyclic amines) is 1. The minimum absolute atomic E-state index is 0.0449. The van der Waals surface area contributed by atoms with Crippen molar-refractivity contribution in [3.63, 3.8) is 0 Å². The number of rotatable bonds is 18. The lowest BCUT2D eigenvalue weighted by atomic mass is 9.49. The fourth-order valence-corrected chi connectivity index (χ4v) is 8.82. The number of nitrogens with zero attached hydrogens (tertiary/aromatic N) is 2. The minimum atomic E-state index is -1.61. The van der Waals surface area contributed by atoms with E-state index in [2.05, 4.69) is 16.0 Å². The second-order valence-corrected chi connectivity index (χ2v) is 18.9. The number of hydrogen-bond acceptors (Lipinski definition) is 11. The summed E-state index contributed by atoms with van der Waals surface area (Å²) in [5.41, 5.74) is 0.348. The van der Waals surface area contributed by atoms with Crippen molar-refractivity contribution in [3.05, 3.63) is 88.4 Å². The molecule has 3 aromatic carbocycles. The van der Waals surface area contributed by atoms with E-state index in [9.17, 15) is 39.6 Å². The number of nitriles is 1. The van der Waals surface area contributed by atoms with Gasteiger partial charge >= 0.3 is 7.12 Å². The maximum atomic E-state index is 13.9. The third kappa shape index (κ3) is 12.1. The van der Waals surface area contributed by atoms with E-state index >= 15 is 0 Å². The number of aliphatic hydroxyl groups is 1. The predicted octanol–water partition coefficient (Wildman–Crippen LogP) is 3.49. The first-order chi connectivity index (χ1) is 29.6. The Kier molecular flexibility index (Phi) is 15.9. The maximum Gasteiger partial charge on any atom is 0.488 e. The third-order valence-corrected chi connectivity index (χ3v) is 12.1. The summed E-state index contributed by atoms with van der Waals surface area (Å²) in [6, 6.07) is 18.2. The zero-order chi connectivity index (χ0) is 46.3. The van der Waals surface area contributed by atoms with Crippen LogP contribution in [0.3, 0.4) is 0 Å². The molecule has 1 heterocycles. The van der Waals surface area contributed by atoms with Crippen LogP contribution in [0.2, 0.25) is 5.02 Å². The Labute approximate surface area is 374 Å². The largest absolute Gasteiger partial charge is 0.494 e. The van der Waals surface area contributed by atoms with Crippen molar-refractivity contribution in [3.8, 4) is 17.6 Å². The molecule has 1 aliphatic heterocycles. The average Bonchev–Trinajstić information content (AvgIpc) is 3.63. The number of hydrogen-bond donors (Lipinski definition) is 6. The van der Waals surface area contributed by atoms with Crippen molar-refractivity contribution in [2.75, 3.05) is 26.4 Å². The van der Waals surface area contributed by atoms with Crippen molar-refractivity contribution >= 4 is 47.8 Å². The summed E-state index contributed by atoms with van der Waals surface area (Å²) in [6.45, 7) is 14.0. The number of carbonyl (C=O) groups is 4. The van der Waals surface area contributed by atoms with Crippen LogP contribution in [0, 0.1) is 27.6 Å². The van der Waals surface area contributed by atoms with Gasteiger partial charge in [0, 0.05) is 54.6 Å². The quantitative estimate of drug-likeness (QED) is 0.0803. The van der Waals surface area contributed by atoms with Gasteiger partial charge in [-0.3, -0.25) is 19.2 Å². The monoisotopic (exact) mass is 887 g/mol. The van der Waals surface area contributed by atoms with Gasteiger partial charge in [0.25, 0.3) is 5.91 Å². The molecular formula is C46H59BClN5O10. The standard InChI is InChI=1S/C46H59BClN5O10/c1-44(2,3)38(41(58)53-26-32(54)22-36(53)40(57)50-25-28-10-15-31(16-11-28)47(59)60)51-37(55)27-61-20-8-9-21-62-33-17-12-29(13-18-33)39(56)52-42-45(4,5)43(46(42,6)7)63-34-19-14-30(24-49)35(48)23-34/h10-19,23,32,36,38,42-43,54,59-60H,8-9,20-22,25-27H2,1-7H3,(H,50,57)(H,51,55)(H,52,56)/t32-,36?,38-,42-,43-/m1/s1. The van der Waals surface area contributed by atoms with E-state index in [1.807, 2.05) is 33.8 Å². The number of halogens is 1. The highest BCUT2D eigenvalue weighted by molar-refractivity contribution is 6.58. The Morgan fingerprint density at radius 1 is 0.952 bits per heavy atom. The number of β-amino-alcohol motifs (C(OH)–C–C–N with tert-alkyl or cyclic N) is 1. The minimum Gasteiger partial charge on any atom is -0.494 e. The second kappa shape index (κ2) is 20.6. The van der Waals surface area contributed by atoms with Gasteiger partial charge in [-0.05, 0) is 65.7 Å². The van der Waals surface area contributed by atoms with Crippen molar-refractivity contribution in [1.82, 2.24) is 20.9 Å². The molecule has 0 aromatic heterocycles. The van der Waals surface area contributed by atoms with Crippen molar-refractivity contribution in [1.29, 1.82) is 5.26 Å². The number of carbonyl (C=O) groups excluding carboxylic acids is 4. The summed E-state index contributed by atoms with van der Waals surface area (Å²) < 4.78 is 17.8. The fourth-order valence-electron chi connectivity index (χ4n) is 8.61. The molecule has 6 N–H and O–H groups in total. The number of amides is 4. The van der Waals surface area contributed by atoms with Gasteiger partial charge < -0.3 is 50.2 Å². The Morgan fingerprint density at radius 2 is 1.59 bits per heavy atom. The highest BCUT2D eigenvalue weighted by Crippen LogP contribution is 2.55. The second-order valence-electron chi connectivity index (χ2n) is 18.5. The SMILES string of the molecule is CC(C)(C)[C@H](NC(=O)COCCCCOc1ccc(C(=O)N[C@H]2C(C)(C)[C@H](Oc3ccc(C#N)c(Cl)c3)C2(C)C)cc1)C(=O)N1C[C@H](O)CC1C(=O)NCc1ccc(B(O)O)cc1. The molecule has 0 radical (unpaired) electrons. The molecule has 1 saturated carbocycles. The summed E-state index contributed by atoms with van der Waals surface area (Å²) in [5.74, 6) is -0.485. The summed E-state index contributed by atoms with van der Waals surface area (Å²) >= 11 is 6.22. The normalized spacial score (nSPS) is 20.4. The molecule has 63 heavy (non-hydrogen) atoms. The topological polar surface area (TPSA) is 220 Å². The highest BCUT2D eigenvalue weighted by atomic mass is 35.5. The molecule has 0 spiro atoms. The molecule has 5 rings (SSSR count). The molecule has 4 amide bonds. The Hall–Kier alpha value is -5.18. The van der Waals surface area contributed by atoms with Gasteiger partial charge in [0.05, 0.1) is 23.3 Å². The molecule has 2 aliphatic rings. The van der Waals surface area contributed by atoms with Crippen LogP contribution in [-0.4, -0.2) is 108 Å². The van der Waals surface area contributed by atoms with Crippen molar-refractivity contribution < 1.29 is 48.5 Å². The first-order valence-electron chi connectivity index (χ1n) is 21.1. The van der Waals surface area contributed by atoms with Gasteiger partial charge in [-0.2, -0.15) is 5.26 Å². The van der Waals surface area contributed by atoms with E-state index in [-0.39, 0.29) is 50.8 Å². The summed E-state index contributed by atoms with van der Waals surface area (Å²) in [7, 11) is -1.61. The molecule has 0 bridgehead atoms. The van der Waals surface area contributed by atoms with Gasteiger partial charge in [-0.15, -0.1) is 0 Å². The number of ether oxygens (including phenoxy) is 3. The summed E-state index contributed by atoms with van der Waals surface area (Å²) in [5, 5.41) is 47.4. The molecule has 338 valence electrons. The zero-order valence-corrected chi connectivity index (χ0v) is 37.7. The Morgan fingerprint density at radius 3 is 2.19 bits per heavy atom. The predicted molar refractivity (Wildman–Crippen MR) is 237 cm³/mol. The lowest BCUT2D eigenvalue weighted by Crippen LogP contribution is -2.74. The van der Waals surface area contributed by atoms with Crippen molar-refractivity contribution in [2.24, 2.45) is 16.2 Å². The van der Waals surface area contributed by atoms with Crippen LogP contribution in [0.1, 0.15) is 89.2 Å². The van der Waals surface area contributed by atoms with Crippen LogP contribution < -0.4 is 30.9 Å². The van der Waals surface area contributed by atoms with Crippen LogP contribution in [0.4, 0.5) is 0 Å². The molecular weight excluding hydrogens is 829 g/mol. The smallest absolute Gasteiger partial charge is 0.488 e. The fraction of sp³-hybridized carbons (Fsp3) is 0.500. The van der Waals surface area contributed by atoms with E-state index < -0.39 is 59.3 Å². The lowest BCUT2D eigenvalue weighted by Gasteiger charge is -2.63. The van der Waals surface area contributed by atoms with Crippen LogP contribution >= 0.6 is 11.6 Å². The van der Waals surface area contributed by atoms with Crippen LogP contribution in [0.5, 0.6) is 11.5 Å². The van der Waals surface area contributed by atoms with Crippen LogP contribution in [0.25, 0.3) is 0 Å². The van der Waals surface area contributed by atoms with E-state index in [1.165, 1.54) is 17.0 Å². The van der Waals surface area contributed by atoms with E-state index in [0.29, 0.717) is 58.1 Å². The van der Waals surface area contributed by atoms with Gasteiger partial charge in [0.2, 0.25) is 17.7 Å². The van der Waals surface area contributed by atoms with Gasteiger partial charge in [-0.1, -0.05) is 84.3 Å². The van der Waals surface area contributed by atoms with E-state index in [0.717, 1.165) is 0 Å². The first kappa shape index (κ1) is 48.9. The van der Waals surface area contributed by atoms with Gasteiger partial charge in [0.1, 0.15) is 42.4 Å². The molecule has 1 unspecified atom stereocenters. The van der Waals surface area contributed by atoms with E-state index in [4.69, 9.17) is 25.8 Å². The molecule has 1 aliphatic carbocycles. The molecule has 1 saturated heterocycles. The number of nitrogens with one attached hydrogen (secondary N) is 3. The summed E-state index contributed by atoms with van der Waals surface area (Å²) in [4.78, 5) is 54.7. The highest BCUT2D eigenvalue weighted by Gasteiger charge is 2.64. The Bertz CT molecular complexity index is 2120. The molecule has 17 heteroatoms. The third-order valence-electron chi connectivity index (χ3n) is 11.8. The van der Waals surface area contributed by atoms with Gasteiger partial charge in [-0.25, -0.2) is 0 Å². The Balaban J connectivity index is 1.01. The van der Waals surface area contributed by atoms with Crippen molar-refractivity contribution in [2.45, 2.75) is 105 Å². The average molecular weight is 888 g/mol. The number of unbranched alkanes of at least 4 members (excludes halogenated alkanes) is 1. The molecule has 15 nitrogen and oxygen atoms in total. The summed E-state index contributed by atoms with van der Waals surface area (Å²) in [6.07, 6.45) is 0.137. The first-order valence-corrected chi connectivity index (χ1v) is 21.5. The number of aliphatic hydroxyl groups excluding tert-OH is 1. The molecule has 3 atom stereocenters. The van der Waals surface area contributed by atoms with E-state index in [1.54, 1.807) is 75.4 Å². The van der Waals surface area contributed by atoms with Crippen LogP contribution in [-0.2, 0) is 25.7 Å². The zero-order valence-electron chi connectivity index (χ0n) is 36.9. The molecule has 2 fully saturated rings. The van der Waals surface area contributed by atoms with Crippen LogP contribution in [0.15, 0.2) is 66.7 Å². The van der Waals surface area contributed by atoms with Gasteiger partial charge in [0.15, 0.2) is 0 Å². The molecule has 3 aromatic rings. The number of benzene rings is 3.